The predicted octanol–water partition coefficient (Wildman–Crippen LogP) is 8.43. The molecule has 0 aliphatic carbocycles. The van der Waals surface area contributed by atoms with Gasteiger partial charge in [0.05, 0.1) is 11.0 Å². The van der Waals surface area contributed by atoms with Crippen LogP contribution in [0.15, 0.2) is 121 Å². The van der Waals surface area contributed by atoms with Gasteiger partial charge in [-0.05, 0) is 47.9 Å². The van der Waals surface area contributed by atoms with Crippen molar-refractivity contribution in [3.63, 3.8) is 0 Å². The molecule has 0 radical (unpaired) electrons. The van der Waals surface area contributed by atoms with E-state index in [1.165, 1.54) is 55.3 Å². The highest BCUT2D eigenvalue weighted by Gasteiger charge is 2.17. The van der Waals surface area contributed by atoms with E-state index in [0.717, 1.165) is 0 Å². The van der Waals surface area contributed by atoms with Crippen LogP contribution in [0.3, 0.4) is 0 Å². The smallest absolute Gasteiger partial charge is 0.0619 e. The molecule has 32 heavy (non-hydrogen) atoms. The lowest BCUT2D eigenvalue weighted by Crippen LogP contribution is -1.95. The summed E-state index contributed by atoms with van der Waals surface area (Å²) in [5.74, 6) is 0. The summed E-state index contributed by atoms with van der Waals surface area (Å²) in [6, 6.07) is 43.7. The summed E-state index contributed by atoms with van der Waals surface area (Å²) < 4.78 is 2.41. The maximum absolute atomic E-state index is 2.41. The summed E-state index contributed by atoms with van der Waals surface area (Å²) in [6.45, 7) is 2.14. The van der Waals surface area contributed by atoms with E-state index in [0.29, 0.717) is 0 Å². The number of para-hydroxylation sites is 2. The van der Waals surface area contributed by atoms with Gasteiger partial charge in [-0.2, -0.15) is 0 Å². The zero-order valence-corrected chi connectivity index (χ0v) is 18.0. The highest BCUT2D eigenvalue weighted by molar-refractivity contribution is 6.14. The quantitative estimate of drug-likeness (QED) is 0.276. The Bertz CT molecular complexity index is 1540. The largest absolute Gasteiger partial charge is 0.309 e. The van der Waals surface area contributed by atoms with Crippen LogP contribution in [0.25, 0.3) is 49.7 Å². The van der Waals surface area contributed by atoms with Crippen LogP contribution in [-0.4, -0.2) is 4.57 Å². The molecule has 152 valence electrons. The lowest BCUT2D eigenvalue weighted by molar-refractivity contribution is 1.18. The summed E-state index contributed by atoms with van der Waals surface area (Å²) in [7, 11) is 0. The normalized spacial score (nSPS) is 11.3. The average Bonchev–Trinajstić information content (AvgIpc) is 3.19. The van der Waals surface area contributed by atoms with Crippen LogP contribution >= 0.6 is 0 Å². The minimum absolute atomic E-state index is 1.18. The first-order valence-electron chi connectivity index (χ1n) is 11.0. The molecule has 0 atom stereocenters. The van der Waals surface area contributed by atoms with Gasteiger partial charge in [0.25, 0.3) is 0 Å². The maximum atomic E-state index is 2.41. The molecule has 0 N–H and O–H groups in total. The molecule has 1 aromatic heterocycles. The van der Waals surface area contributed by atoms with E-state index in [9.17, 15) is 0 Å². The molecular formula is C31H23N. The lowest BCUT2D eigenvalue weighted by Gasteiger charge is -2.12. The second-order valence-electron chi connectivity index (χ2n) is 8.34. The molecule has 1 nitrogen and oxygen atoms in total. The standard InChI is InChI=1S/C31H23N/c1-22-15-17-24(18-16-22)27-13-8-14-28-29-21-25(23-9-4-2-5-10-23)19-20-30(29)32(31(27)28)26-11-6-3-7-12-26/h2-21H,1H3. The number of rotatable bonds is 3. The van der Waals surface area contributed by atoms with Gasteiger partial charge in [-0.3, -0.25) is 0 Å². The molecule has 0 amide bonds. The first kappa shape index (κ1) is 18.7. The molecule has 0 aliphatic heterocycles. The van der Waals surface area contributed by atoms with Crippen molar-refractivity contribution in [2.75, 3.05) is 0 Å². The van der Waals surface area contributed by atoms with Crippen LogP contribution in [0.1, 0.15) is 5.56 Å². The van der Waals surface area contributed by atoms with E-state index in [2.05, 4.69) is 133 Å². The van der Waals surface area contributed by atoms with Crippen molar-refractivity contribution in [1.82, 2.24) is 4.57 Å². The van der Waals surface area contributed by atoms with Crippen molar-refractivity contribution in [2.24, 2.45) is 0 Å². The van der Waals surface area contributed by atoms with E-state index < -0.39 is 0 Å². The molecule has 6 rings (SSSR count). The van der Waals surface area contributed by atoms with Gasteiger partial charge in [0.1, 0.15) is 0 Å². The average molecular weight is 410 g/mol. The van der Waals surface area contributed by atoms with Crippen LogP contribution < -0.4 is 0 Å². The number of hydrogen-bond donors (Lipinski definition) is 0. The van der Waals surface area contributed by atoms with Crippen molar-refractivity contribution in [3.8, 4) is 27.9 Å². The van der Waals surface area contributed by atoms with Gasteiger partial charge < -0.3 is 4.57 Å². The van der Waals surface area contributed by atoms with Crippen LogP contribution in [0, 0.1) is 6.92 Å². The Morgan fingerprint density at radius 3 is 1.94 bits per heavy atom. The molecule has 5 aromatic carbocycles. The van der Waals surface area contributed by atoms with Gasteiger partial charge in [0.2, 0.25) is 0 Å². The van der Waals surface area contributed by atoms with E-state index >= 15 is 0 Å². The highest BCUT2D eigenvalue weighted by atomic mass is 15.0. The topological polar surface area (TPSA) is 4.93 Å². The van der Waals surface area contributed by atoms with Gasteiger partial charge in [0.15, 0.2) is 0 Å². The highest BCUT2D eigenvalue weighted by Crippen LogP contribution is 2.39. The fourth-order valence-electron chi connectivity index (χ4n) is 4.69. The molecule has 0 aliphatic rings. The van der Waals surface area contributed by atoms with Gasteiger partial charge >= 0.3 is 0 Å². The molecule has 0 saturated heterocycles. The molecule has 1 heteroatoms. The number of aryl methyl sites for hydroxylation is 1. The molecule has 0 unspecified atom stereocenters. The van der Waals surface area contributed by atoms with Crippen LogP contribution in [0.2, 0.25) is 0 Å². The third kappa shape index (κ3) is 3.02. The Morgan fingerprint density at radius 1 is 0.500 bits per heavy atom. The first-order chi connectivity index (χ1) is 15.8. The number of benzene rings is 5. The summed E-state index contributed by atoms with van der Waals surface area (Å²) in [5.41, 5.74) is 9.91. The minimum Gasteiger partial charge on any atom is -0.309 e. The lowest BCUT2D eigenvalue weighted by atomic mass is 9.99. The van der Waals surface area contributed by atoms with Gasteiger partial charge in [-0.15, -0.1) is 0 Å². The molecule has 0 saturated carbocycles. The summed E-state index contributed by atoms with van der Waals surface area (Å²) in [5, 5.41) is 2.55. The molecule has 0 spiro atoms. The second-order valence-corrected chi connectivity index (χ2v) is 8.34. The SMILES string of the molecule is Cc1ccc(-c2cccc3c4cc(-c5ccccc5)ccc4n(-c4ccccc4)c23)cc1. The third-order valence-corrected chi connectivity index (χ3v) is 6.27. The van der Waals surface area contributed by atoms with Crippen molar-refractivity contribution in [2.45, 2.75) is 6.92 Å². The maximum Gasteiger partial charge on any atom is 0.0619 e. The zero-order chi connectivity index (χ0) is 21.5. The fourth-order valence-corrected chi connectivity index (χ4v) is 4.69. The van der Waals surface area contributed by atoms with E-state index in [1.807, 2.05) is 0 Å². The Kier molecular flexibility index (Phi) is 4.40. The molecule has 0 bridgehead atoms. The van der Waals surface area contributed by atoms with Gasteiger partial charge in [0, 0.05) is 22.0 Å². The minimum atomic E-state index is 1.18. The Hall–Kier alpha value is -4.10. The third-order valence-electron chi connectivity index (χ3n) is 6.27. The van der Waals surface area contributed by atoms with Crippen LogP contribution in [0.4, 0.5) is 0 Å². The van der Waals surface area contributed by atoms with Crippen LogP contribution in [0.5, 0.6) is 0 Å². The van der Waals surface area contributed by atoms with Crippen LogP contribution in [-0.2, 0) is 0 Å². The van der Waals surface area contributed by atoms with Gasteiger partial charge in [-0.25, -0.2) is 0 Å². The van der Waals surface area contributed by atoms with Crippen molar-refractivity contribution in [1.29, 1.82) is 0 Å². The Morgan fingerprint density at radius 2 is 1.19 bits per heavy atom. The number of hydrogen-bond acceptors (Lipinski definition) is 0. The van der Waals surface area contributed by atoms with E-state index in [1.54, 1.807) is 0 Å². The molecular weight excluding hydrogens is 386 g/mol. The predicted molar refractivity (Wildman–Crippen MR) is 136 cm³/mol. The molecule has 0 fully saturated rings. The number of fused-ring (bicyclic) bond motifs is 3. The molecule has 1 heterocycles. The summed E-state index contributed by atoms with van der Waals surface area (Å²) >= 11 is 0. The summed E-state index contributed by atoms with van der Waals surface area (Å²) in [6.07, 6.45) is 0. The first-order valence-corrected chi connectivity index (χ1v) is 11.0. The molecule has 6 aromatic rings. The monoisotopic (exact) mass is 409 g/mol. The van der Waals surface area contributed by atoms with Crippen molar-refractivity contribution < 1.29 is 0 Å². The van der Waals surface area contributed by atoms with Crippen molar-refractivity contribution in [3.05, 3.63) is 127 Å². The van der Waals surface area contributed by atoms with Gasteiger partial charge in [-0.1, -0.05) is 103 Å². The van der Waals surface area contributed by atoms with Crippen molar-refractivity contribution >= 4 is 21.8 Å². The fraction of sp³-hybridized carbons (Fsp3) is 0.0323. The van der Waals surface area contributed by atoms with E-state index in [-0.39, 0.29) is 0 Å². The summed E-state index contributed by atoms with van der Waals surface area (Å²) in [4.78, 5) is 0. The zero-order valence-electron chi connectivity index (χ0n) is 18.0. The van der Waals surface area contributed by atoms with E-state index in [4.69, 9.17) is 0 Å². The Balaban J connectivity index is 1.72. The number of nitrogens with zero attached hydrogens (tertiary/aromatic N) is 1. The Labute approximate surface area is 188 Å². The number of aromatic nitrogens is 1. The second kappa shape index (κ2) is 7.55.